The first-order valence-corrected chi connectivity index (χ1v) is 14.1. The van der Waals surface area contributed by atoms with Gasteiger partial charge >= 0.3 is 47.8 Å². The molecule has 2 rings (SSSR count). The number of ether oxygens (including phenoxy) is 11. The zero-order valence-corrected chi connectivity index (χ0v) is 27.0. The number of hydrogen-bond donors (Lipinski definition) is 0. The summed E-state index contributed by atoms with van der Waals surface area (Å²) in [5.41, 5.74) is 0. The van der Waals surface area contributed by atoms with Gasteiger partial charge in [-0.1, -0.05) is 0 Å². The molecule has 2 fully saturated rings. The first kappa shape index (κ1) is 38.8. The molecule has 0 spiro atoms. The van der Waals surface area contributed by atoms with Gasteiger partial charge in [0, 0.05) is 55.4 Å². The number of carbonyl (C=O) groups excluding carboxylic acids is 8. The van der Waals surface area contributed by atoms with Crippen molar-refractivity contribution in [2.24, 2.45) is 0 Å². The average Bonchev–Trinajstić information content (AvgIpc) is 3.18. The second kappa shape index (κ2) is 17.0. The predicted octanol–water partition coefficient (Wildman–Crippen LogP) is -0.829. The van der Waals surface area contributed by atoms with Crippen molar-refractivity contribution in [1.29, 1.82) is 0 Å². The first-order valence-electron chi connectivity index (χ1n) is 14.1. The Morgan fingerprint density at radius 3 is 1.38 bits per heavy atom. The van der Waals surface area contributed by atoms with Crippen LogP contribution in [0.5, 0.6) is 0 Å². The van der Waals surface area contributed by atoms with Gasteiger partial charge in [0.05, 0.1) is 0 Å². The molecule has 47 heavy (non-hydrogen) atoms. The molecule has 0 aromatic heterocycles. The Hall–Kier alpha value is -4.36. The van der Waals surface area contributed by atoms with E-state index in [2.05, 4.69) is 0 Å². The standard InChI is InChI=1S/C28H38O19/c1-12(29)37-9-20-22(40-15(4)32)24(42-17(6)34)25(43-18(7)35)27(45-20)47-28(11-39-14(3)31)26(44-19(8)36)23(41-16(5)33)21(46-28)10-38-13(2)30/h20-27H,9-11H2,1-8H3/t20-,21-,22-,23-,24+,25-,26-,27+,28-/m0/s1. The Morgan fingerprint density at radius 1 is 0.489 bits per heavy atom. The maximum Gasteiger partial charge on any atom is 0.303 e. The summed E-state index contributed by atoms with van der Waals surface area (Å²) in [4.78, 5) is 96.4. The lowest BCUT2D eigenvalue weighted by molar-refractivity contribution is -0.384. The van der Waals surface area contributed by atoms with E-state index in [1.807, 2.05) is 0 Å². The lowest BCUT2D eigenvalue weighted by Gasteiger charge is -2.46. The van der Waals surface area contributed by atoms with Crippen molar-refractivity contribution < 1.29 is 90.5 Å². The highest BCUT2D eigenvalue weighted by molar-refractivity contribution is 5.69. The Labute approximate surface area is 268 Å². The zero-order chi connectivity index (χ0) is 35.6. The third kappa shape index (κ3) is 11.4. The topological polar surface area (TPSA) is 238 Å². The normalized spacial score (nSPS) is 29.8. The van der Waals surface area contributed by atoms with E-state index in [9.17, 15) is 38.4 Å². The summed E-state index contributed by atoms with van der Waals surface area (Å²) in [6.45, 7) is 6.12. The largest absolute Gasteiger partial charge is 0.463 e. The summed E-state index contributed by atoms with van der Waals surface area (Å²) in [5, 5.41) is 0. The molecule has 0 aromatic carbocycles. The van der Waals surface area contributed by atoms with Crippen LogP contribution >= 0.6 is 0 Å². The number of esters is 8. The Bertz CT molecular complexity index is 1210. The van der Waals surface area contributed by atoms with Crippen LogP contribution in [-0.2, 0) is 90.5 Å². The minimum absolute atomic E-state index is 0.588. The number of carbonyl (C=O) groups is 8. The van der Waals surface area contributed by atoms with E-state index < -0.39 is 122 Å². The van der Waals surface area contributed by atoms with Crippen LogP contribution in [0.2, 0.25) is 0 Å². The highest BCUT2D eigenvalue weighted by Crippen LogP contribution is 2.41. The molecule has 2 aliphatic heterocycles. The van der Waals surface area contributed by atoms with Crippen LogP contribution in [0.1, 0.15) is 55.4 Å². The van der Waals surface area contributed by atoms with Crippen molar-refractivity contribution in [3.05, 3.63) is 0 Å². The van der Waals surface area contributed by atoms with E-state index in [0.29, 0.717) is 0 Å². The molecule has 0 radical (unpaired) electrons. The molecular formula is C28H38O19. The second-order valence-corrected chi connectivity index (χ2v) is 10.3. The van der Waals surface area contributed by atoms with E-state index in [1.54, 1.807) is 0 Å². The van der Waals surface area contributed by atoms with Crippen LogP contribution in [0.15, 0.2) is 0 Å². The zero-order valence-electron chi connectivity index (χ0n) is 27.0. The van der Waals surface area contributed by atoms with E-state index in [1.165, 1.54) is 0 Å². The third-order valence-electron chi connectivity index (χ3n) is 6.24. The van der Waals surface area contributed by atoms with Gasteiger partial charge in [0.25, 0.3) is 0 Å². The van der Waals surface area contributed by atoms with Gasteiger partial charge < -0.3 is 52.1 Å². The summed E-state index contributed by atoms with van der Waals surface area (Å²) < 4.78 is 60.5. The predicted molar refractivity (Wildman–Crippen MR) is 145 cm³/mol. The Kier molecular flexibility index (Phi) is 14.0. The van der Waals surface area contributed by atoms with Crippen LogP contribution in [0.25, 0.3) is 0 Å². The molecule has 264 valence electrons. The van der Waals surface area contributed by atoms with Crippen LogP contribution in [0, 0.1) is 0 Å². The maximum atomic E-state index is 12.3. The highest BCUT2D eigenvalue weighted by Gasteiger charge is 2.65. The molecule has 0 saturated carbocycles. The molecule has 2 heterocycles. The summed E-state index contributed by atoms with van der Waals surface area (Å²) in [5.74, 6) is -9.54. The first-order chi connectivity index (χ1) is 21.8. The van der Waals surface area contributed by atoms with E-state index >= 15 is 0 Å². The van der Waals surface area contributed by atoms with Crippen molar-refractivity contribution >= 4 is 47.8 Å². The van der Waals surface area contributed by atoms with Crippen molar-refractivity contribution in [3.63, 3.8) is 0 Å². The fourth-order valence-electron chi connectivity index (χ4n) is 4.76. The van der Waals surface area contributed by atoms with E-state index in [-0.39, 0.29) is 0 Å². The van der Waals surface area contributed by atoms with Crippen molar-refractivity contribution in [1.82, 2.24) is 0 Å². The van der Waals surface area contributed by atoms with Gasteiger partial charge in [-0.25, -0.2) is 0 Å². The van der Waals surface area contributed by atoms with Gasteiger partial charge in [0.15, 0.2) is 30.5 Å². The van der Waals surface area contributed by atoms with Crippen molar-refractivity contribution in [3.8, 4) is 0 Å². The highest BCUT2D eigenvalue weighted by atomic mass is 16.8. The second-order valence-electron chi connectivity index (χ2n) is 10.3. The van der Waals surface area contributed by atoms with Gasteiger partial charge in [-0.3, -0.25) is 38.4 Å². The van der Waals surface area contributed by atoms with Crippen LogP contribution < -0.4 is 0 Å². The Balaban J connectivity index is 2.78. The van der Waals surface area contributed by atoms with Gasteiger partial charge in [-0.05, 0) is 0 Å². The minimum atomic E-state index is -2.48. The van der Waals surface area contributed by atoms with Crippen LogP contribution in [-0.4, -0.2) is 122 Å². The van der Waals surface area contributed by atoms with Crippen molar-refractivity contribution in [2.75, 3.05) is 19.8 Å². The molecule has 0 bridgehead atoms. The summed E-state index contributed by atoms with van der Waals surface area (Å²) in [7, 11) is 0. The number of hydrogen-bond acceptors (Lipinski definition) is 19. The fraction of sp³-hybridized carbons (Fsp3) is 0.714. The van der Waals surface area contributed by atoms with Gasteiger partial charge in [-0.15, -0.1) is 0 Å². The molecule has 0 unspecified atom stereocenters. The molecule has 19 heteroatoms. The fourth-order valence-corrected chi connectivity index (χ4v) is 4.76. The van der Waals surface area contributed by atoms with Crippen molar-refractivity contribution in [2.45, 2.75) is 110 Å². The molecule has 0 amide bonds. The van der Waals surface area contributed by atoms with Gasteiger partial charge in [0.1, 0.15) is 32.0 Å². The lowest BCUT2D eigenvalue weighted by Crippen LogP contribution is -2.65. The summed E-state index contributed by atoms with van der Waals surface area (Å²) in [6, 6.07) is 0. The minimum Gasteiger partial charge on any atom is -0.463 e. The molecular weight excluding hydrogens is 640 g/mol. The molecule has 0 aromatic rings. The lowest BCUT2D eigenvalue weighted by atomic mass is 9.97. The quantitative estimate of drug-likeness (QED) is 0.171. The van der Waals surface area contributed by atoms with Gasteiger partial charge in [0.2, 0.25) is 12.1 Å². The summed E-state index contributed by atoms with van der Waals surface area (Å²) >= 11 is 0. The van der Waals surface area contributed by atoms with Crippen LogP contribution in [0.3, 0.4) is 0 Å². The SMILES string of the molecule is CC(=O)OC[C@@H]1O[C@H](O[C@]2(COC(C)=O)O[C@@H](COC(C)=O)[C@H](OC(C)=O)[C@@H]2OC(C)=O)[C@@H](OC(C)=O)[C@H](OC(C)=O)[C@H]1OC(C)=O. The molecule has 2 aliphatic rings. The number of rotatable bonds is 13. The molecule has 0 aliphatic carbocycles. The third-order valence-corrected chi connectivity index (χ3v) is 6.24. The van der Waals surface area contributed by atoms with E-state index in [0.717, 1.165) is 55.4 Å². The van der Waals surface area contributed by atoms with Gasteiger partial charge in [-0.2, -0.15) is 0 Å². The van der Waals surface area contributed by atoms with E-state index in [4.69, 9.17) is 52.1 Å². The average molecular weight is 679 g/mol. The smallest absolute Gasteiger partial charge is 0.303 e. The maximum absolute atomic E-state index is 12.3. The molecule has 19 nitrogen and oxygen atoms in total. The summed E-state index contributed by atoms with van der Waals surface area (Å²) in [6.07, 6.45) is -13.2. The Morgan fingerprint density at radius 2 is 0.915 bits per heavy atom. The monoisotopic (exact) mass is 678 g/mol. The molecule has 2 saturated heterocycles. The molecule has 0 N–H and O–H groups in total. The van der Waals surface area contributed by atoms with Crippen LogP contribution in [0.4, 0.5) is 0 Å². The molecule has 9 atom stereocenters.